The van der Waals surface area contributed by atoms with Gasteiger partial charge in [-0.1, -0.05) is 124 Å². The van der Waals surface area contributed by atoms with Gasteiger partial charge in [0.1, 0.15) is 47.8 Å². The molecular weight excluding hydrogens is 1380 g/mol. The summed E-state index contributed by atoms with van der Waals surface area (Å²) < 4.78 is 42.0. The summed E-state index contributed by atoms with van der Waals surface area (Å²) in [6.07, 6.45) is -2.64. The highest BCUT2D eigenvalue weighted by Gasteiger charge is 2.50. The van der Waals surface area contributed by atoms with E-state index >= 15 is 19.2 Å². The first-order chi connectivity index (χ1) is 48.4. The van der Waals surface area contributed by atoms with Crippen LogP contribution in [-0.4, -0.2) is 251 Å². The van der Waals surface area contributed by atoms with E-state index in [1.54, 1.807) is 75.9 Å². The molecule has 103 heavy (non-hydrogen) atoms. The summed E-state index contributed by atoms with van der Waals surface area (Å²) in [5.41, 5.74) is -0.660. The lowest BCUT2D eigenvalue weighted by Crippen LogP contribution is -2.65. The molecule has 12 amide bonds. The smallest absolute Gasteiger partial charge is 0.343 e. The highest BCUT2D eigenvalue weighted by atomic mass is 35.5. The second kappa shape index (κ2) is 36.9. The first kappa shape index (κ1) is 83.6. The molecule has 3 aromatic rings. The molecule has 1 aliphatic carbocycles. The van der Waals surface area contributed by atoms with Gasteiger partial charge in [-0.15, -0.1) is 0 Å². The van der Waals surface area contributed by atoms with Crippen LogP contribution in [0.5, 0.6) is 0 Å². The monoisotopic (exact) mass is 1480 g/mol. The fourth-order valence-corrected chi connectivity index (χ4v) is 14.1. The zero-order valence-electron chi connectivity index (χ0n) is 61.8. The summed E-state index contributed by atoms with van der Waals surface area (Å²) >= 11 is 13.0. The number of piperidine rings is 1. The minimum absolute atomic E-state index is 0.0778. The topological polar surface area (TPSA) is 270 Å². The lowest BCUT2D eigenvalue weighted by Gasteiger charge is -2.42. The van der Waals surface area contributed by atoms with Crippen LogP contribution in [0.4, 0.5) is 13.2 Å². The second-order valence-corrected chi connectivity index (χ2v) is 29.1. The Morgan fingerprint density at radius 1 is 0.621 bits per heavy atom. The van der Waals surface area contributed by atoms with Crippen molar-refractivity contribution in [3.05, 3.63) is 105 Å². The molecule has 3 N–H and O–H groups in total. The lowest BCUT2D eigenvalue weighted by molar-refractivity contribution is -0.156. The highest BCUT2D eigenvalue weighted by Crippen LogP contribution is 2.37. The molecule has 8 atom stereocenters. The fraction of sp³-hybridized carbons (Fsp3) is 0.595. The summed E-state index contributed by atoms with van der Waals surface area (Å²) in [5.74, 6) is -9.98. The van der Waals surface area contributed by atoms with Crippen LogP contribution in [0.1, 0.15) is 134 Å². The van der Waals surface area contributed by atoms with Crippen LogP contribution in [0.3, 0.4) is 0 Å². The minimum atomic E-state index is -4.80. The molecule has 24 nitrogen and oxygen atoms in total. The van der Waals surface area contributed by atoms with E-state index in [1.165, 1.54) is 72.1 Å². The third kappa shape index (κ3) is 21.2. The number of carbonyl (C=O) groups is 12. The van der Waals surface area contributed by atoms with E-state index in [-0.39, 0.29) is 55.7 Å². The summed E-state index contributed by atoms with van der Waals surface area (Å²) in [6, 6.07) is 7.10. The number of aryl methyl sites for hydroxylation is 2. The SMILES string of the molecule is CC[C@H](C)[C@@H]1NC(=O)[C@H](C)N(C)C(=O)C[C@@H](C(=O)N2CCCCC2)N(C)C(=O)[C@H](C(C)C)N(C)C(=O)C2(CCCC2)NC(=O)[C@H](Cc2ccccc2Cl)N(CC)C(=O)C(CCc2ccc(C(F)(F)F)c(Cl)c2)NC(=O)CN(C)C(=O)[C@H](Cc2ccc(C)cc2)N(C)C(=O)CN(C)C(=O)CN(C)C1=O. The van der Waals surface area contributed by atoms with E-state index in [0.29, 0.717) is 56.3 Å². The van der Waals surface area contributed by atoms with E-state index in [0.717, 1.165) is 53.5 Å². The van der Waals surface area contributed by atoms with Gasteiger partial charge in [-0.25, -0.2) is 0 Å². The summed E-state index contributed by atoms with van der Waals surface area (Å²) in [5, 5.41) is 8.16. The molecule has 3 aromatic carbocycles. The molecule has 0 aromatic heterocycles. The van der Waals surface area contributed by atoms with Gasteiger partial charge in [-0.2, -0.15) is 13.2 Å². The van der Waals surface area contributed by atoms with Crippen molar-refractivity contribution in [2.75, 3.05) is 88.6 Å². The maximum atomic E-state index is 15.7. The number of carbonyl (C=O) groups excluding carboxylic acids is 12. The normalized spacial score (nSPS) is 23.7. The Morgan fingerprint density at radius 3 is 1.81 bits per heavy atom. The number of halogens is 5. The Kier molecular flexibility index (Phi) is 29.9. The van der Waals surface area contributed by atoms with Crippen LogP contribution >= 0.6 is 23.2 Å². The molecule has 3 fully saturated rings. The molecule has 3 aliphatic rings. The number of likely N-dealkylation sites (tertiary alicyclic amines) is 1. The van der Waals surface area contributed by atoms with Gasteiger partial charge < -0.3 is 60.0 Å². The molecule has 0 bridgehead atoms. The summed E-state index contributed by atoms with van der Waals surface area (Å²) in [7, 11) is 9.49. The maximum Gasteiger partial charge on any atom is 0.417 e. The van der Waals surface area contributed by atoms with E-state index in [9.17, 15) is 51.5 Å². The van der Waals surface area contributed by atoms with E-state index in [2.05, 4.69) is 16.0 Å². The molecular formula is C74H103Cl2F3N12O12. The van der Waals surface area contributed by atoms with Gasteiger partial charge in [-0.3, -0.25) is 57.5 Å². The Balaban J connectivity index is 1.48. The zero-order chi connectivity index (χ0) is 76.7. The van der Waals surface area contributed by atoms with Gasteiger partial charge >= 0.3 is 6.18 Å². The van der Waals surface area contributed by atoms with Crippen molar-refractivity contribution in [2.45, 2.75) is 186 Å². The largest absolute Gasteiger partial charge is 0.417 e. The van der Waals surface area contributed by atoms with Gasteiger partial charge in [0.05, 0.1) is 36.6 Å². The number of rotatable bonds is 12. The van der Waals surface area contributed by atoms with Crippen LogP contribution in [0, 0.1) is 18.8 Å². The van der Waals surface area contributed by atoms with Gasteiger partial charge in [0.15, 0.2) is 0 Å². The zero-order valence-corrected chi connectivity index (χ0v) is 63.3. The van der Waals surface area contributed by atoms with E-state index in [4.69, 9.17) is 23.2 Å². The van der Waals surface area contributed by atoms with Crippen molar-refractivity contribution >= 4 is 94.1 Å². The first-order valence-corrected chi connectivity index (χ1v) is 36.1. The first-order valence-electron chi connectivity index (χ1n) is 35.3. The van der Waals surface area contributed by atoms with Crippen molar-refractivity contribution in [3.63, 3.8) is 0 Å². The number of nitrogens with one attached hydrogen (secondary N) is 3. The molecule has 29 heteroatoms. The highest BCUT2D eigenvalue weighted by molar-refractivity contribution is 6.31. The Labute approximate surface area is 612 Å². The van der Waals surface area contributed by atoms with E-state index < -0.39 is 173 Å². The summed E-state index contributed by atoms with van der Waals surface area (Å²) in [6.45, 7) is 10.4. The summed E-state index contributed by atoms with van der Waals surface area (Å²) in [4.78, 5) is 190. The number of alkyl halides is 3. The number of amides is 12. The maximum absolute atomic E-state index is 15.7. The molecule has 1 unspecified atom stereocenters. The van der Waals surface area contributed by atoms with Crippen LogP contribution in [0.2, 0.25) is 10.0 Å². The molecule has 566 valence electrons. The average molecular weight is 1480 g/mol. The van der Waals surface area contributed by atoms with Crippen molar-refractivity contribution in [2.24, 2.45) is 11.8 Å². The van der Waals surface area contributed by atoms with Crippen LogP contribution < -0.4 is 16.0 Å². The van der Waals surface area contributed by atoms with Crippen LogP contribution in [0.15, 0.2) is 66.7 Å². The fourth-order valence-electron chi connectivity index (χ4n) is 13.6. The number of benzene rings is 3. The molecule has 0 radical (unpaired) electrons. The number of likely N-dealkylation sites (N-methyl/N-ethyl adjacent to an activating group) is 8. The Morgan fingerprint density at radius 2 is 1.22 bits per heavy atom. The van der Waals surface area contributed by atoms with E-state index in [1.807, 2.05) is 19.1 Å². The molecule has 2 heterocycles. The molecule has 2 aliphatic heterocycles. The molecule has 6 rings (SSSR count). The van der Waals surface area contributed by atoms with Crippen molar-refractivity contribution in [1.82, 2.24) is 60.0 Å². The van der Waals surface area contributed by atoms with Gasteiger partial charge in [0.2, 0.25) is 70.9 Å². The average Bonchev–Trinajstić information content (AvgIpc) is 1.76. The predicted octanol–water partition coefficient (Wildman–Crippen LogP) is 6.18. The quantitative estimate of drug-likeness (QED) is 0.184. The van der Waals surface area contributed by atoms with Crippen LogP contribution in [0.25, 0.3) is 0 Å². The Bertz CT molecular complexity index is 3570. The number of hydrogen-bond acceptors (Lipinski definition) is 12. The lowest BCUT2D eigenvalue weighted by atomic mass is 9.91. The number of hydrogen-bond donors (Lipinski definition) is 3. The minimum Gasteiger partial charge on any atom is -0.343 e. The third-order valence-corrected chi connectivity index (χ3v) is 21.2. The van der Waals surface area contributed by atoms with Crippen molar-refractivity contribution < 1.29 is 70.7 Å². The standard InChI is InChI=1S/C74H103Cl2F3N12O12/c1-15-47(6)63-70(101)85(10)43-61(94)83(8)44-62(95)87(12)57(39-50-28-26-46(5)27-29-50)68(99)84(9)42-59(92)80-55(33-31-49-30-32-52(54(76)38-49)74(77,78)79)67(98)91(16-2)56(40-51-24-18-19-25-53(51)75)66(97)82-73(34-20-21-35-73)72(103)89(14)64(45(3)4)71(102)88(13)58(69(100)90-36-22-17-23-37-90)41-60(93)86(11)48(7)65(96)81-63/h18-19,24-30,32,38,45,47-48,55-58,63-64H,15-17,20-23,31,33-37,39-44H2,1-14H3,(H,80,92)(H,81,96)(H,82,97)/t47-,48-,55?,56-,57-,58-,63-,64-/m0/s1. The molecule has 1 saturated carbocycles. The number of nitrogens with zero attached hydrogens (tertiary/aromatic N) is 9. The van der Waals surface area contributed by atoms with Crippen LogP contribution in [-0.2, 0) is 83.0 Å². The third-order valence-electron chi connectivity index (χ3n) is 20.5. The Hall–Kier alpha value is -8.33. The predicted molar refractivity (Wildman–Crippen MR) is 383 cm³/mol. The van der Waals surface area contributed by atoms with Gasteiger partial charge in [0.25, 0.3) is 0 Å². The molecule has 2 saturated heterocycles. The van der Waals surface area contributed by atoms with Crippen molar-refractivity contribution in [1.29, 1.82) is 0 Å². The van der Waals surface area contributed by atoms with Gasteiger partial charge in [-0.05, 0) is 112 Å². The van der Waals surface area contributed by atoms with Crippen molar-refractivity contribution in [3.8, 4) is 0 Å². The molecule has 1 spiro atoms. The van der Waals surface area contributed by atoms with Gasteiger partial charge in [0, 0.05) is 86.8 Å². The second-order valence-electron chi connectivity index (χ2n) is 28.2.